The third kappa shape index (κ3) is 5.17. The molecule has 10 heteroatoms. The molecule has 4 aromatic carbocycles. The maximum atomic E-state index is 13.4. The number of fused-ring (bicyclic) bond motifs is 1. The Hall–Kier alpha value is -4.57. The zero-order valence-corrected chi connectivity index (χ0v) is 19.1. The lowest BCUT2D eigenvalue weighted by Gasteiger charge is -2.23. The molecule has 0 radical (unpaired) electrons. The van der Waals surface area contributed by atoms with E-state index in [0.29, 0.717) is 0 Å². The summed E-state index contributed by atoms with van der Waals surface area (Å²) >= 11 is 0. The van der Waals surface area contributed by atoms with Crippen LogP contribution in [-0.2, 0) is 14.8 Å². The monoisotopic (exact) mass is 488 g/mol. The number of nitro groups is 1. The van der Waals surface area contributed by atoms with Gasteiger partial charge in [-0.05, 0) is 29.0 Å². The summed E-state index contributed by atoms with van der Waals surface area (Å²) < 4.78 is 27.7. The second-order valence-electron chi connectivity index (χ2n) is 7.43. The van der Waals surface area contributed by atoms with Crippen LogP contribution in [0.1, 0.15) is 5.56 Å². The Balaban J connectivity index is 1.61. The number of nitrogens with zero attached hydrogens (tertiary/aromatic N) is 3. The fraction of sp³-hybridized carbons (Fsp3) is 0.0400. The van der Waals surface area contributed by atoms with Crippen molar-refractivity contribution >= 4 is 44.3 Å². The summed E-state index contributed by atoms with van der Waals surface area (Å²) in [7, 11) is -4.45. The van der Waals surface area contributed by atoms with Crippen LogP contribution in [0.2, 0.25) is 0 Å². The van der Waals surface area contributed by atoms with Gasteiger partial charge in [0.25, 0.3) is 21.6 Å². The number of carbonyl (C=O) groups is 1. The molecule has 0 aliphatic carbocycles. The molecule has 0 spiro atoms. The number of sulfonamides is 1. The summed E-state index contributed by atoms with van der Waals surface area (Å²) in [5, 5.41) is 17.4. The molecule has 0 aliphatic rings. The SMILES string of the molecule is O=C(CN(c1ccccc1)S(=O)(=O)c1ccccc1[N+](=O)[O-])N/N=C/c1cccc2ccccc12. The van der Waals surface area contributed by atoms with Crippen LogP contribution in [0.25, 0.3) is 10.8 Å². The summed E-state index contributed by atoms with van der Waals surface area (Å²) in [6, 6.07) is 26.2. The Bertz CT molecular complexity index is 1520. The van der Waals surface area contributed by atoms with E-state index in [1.165, 1.54) is 30.5 Å². The summed E-state index contributed by atoms with van der Waals surface area (Å²) in [6.45, 7) is -0.634. The van der Waals surface area contributed by atoms with E-state index in [9.17, 15) is 23.3 Å². The van der Waals surface area contributed by atoms with Crippen LogP contribution < -0.4 is 9.73 Å². The third-order valence-electron chi connectivity index (χ3n) is 5.18. The van der Waals surface area contributed by atoms with Gasteiger partial charge in [-0.15, -0.1) is 0 Å². The van der Waals surface area contributed by atoms with Crippen molar-refractivity contribution in [3.05, 3.63) is 113 Å². The highest BCUT2D eigenvalue weighted by Crippen LogP contribution is 2.29. The van der Waals surface area contributed by atoms with Gasteiger partial charge in [-0.2, -0.15) is 5.10 Å². The van der Waals surface area contributed by atoms with Crippen LogP contribution >= 0.6 is 0 Å². The second kappa shape index (κ2) is 10.1. The van der Waals surface area contributed by atoms with Crippen molar-refractivity contribution < 1.29 is 18.1 Å². The van der Waals surface area contributed by atoms with Gasteiger partial charge in [0.05, 0.1) is 16.8 Å². The number of hydrogen-bond acceptors (Lipinski definition) is 6. The van der Waals surface area contributed by atoms with E-state index < -0.39 is 38.0 Å². The number of para-hydroxylation sites is 2. The molecule has 0 saturated carbocycles. The van der Waals surface area contributed by atoms with Gasteiger partial charge in [0.2, 0.25) is 0 Å². The molecule has 0 unspecified atom stereocenters. The summed E-state index contributed by atoms with van der Waals surface area (Å²) in [5.74, 6) is -0.715. The van der Waals surface area contributed by atoms with Gasteiger partial charge >= 0.3 is 0 Å². The van der Waals surface area contributed by atoms with Crippen LogP contribution in [0.4, 0.5) is 11.4 Å². The van der Waals surface area contributed by atoms with Crippen LogP contribution in [0.5, 0.6) is 0 Å². The molecule has 4 rings (SSSR count). The Kier molecular flexibility index (Phi) is 6.83. The summed E-state index contributed by atoms with van der Waals surface area (Å²) in [5.41, 5.74) is 2.72. The molecule has 35 heavy (non-hydrogen) atoms. The molecule has 0 fully saturated rings. The average molecular weight is 489 g/mol. The standard InChI is InChI=1S/C25H20N4O5S/c30-25(27-26-17-20-11-8-10-19-9-4-5-14-22(19)20)18-28(21-12-2-1-3-13-21)35(33,34)24-16-7-6-15-23(24)29(31)32/h1-17H,18H2,(H,27,30)/b26-17+. The van der Waals surface area contributed by atoms with Crippen LogP contribution in [0, 0.1) is 10.1 Å². The van der Waals surface area contributed by atoms with E-state index in [1.807, 2.05) is 42.5 Å². The first-order chi connectivity index (χ1) is 16.9. The van der Waals surface area contributed by atoms with Gasteiger partial charge in [-0.1, -0.05) is 72.8 Å². The number of benzene rings is 4. The Morgan fingerprint density at radius 1 is 0.914 bits per heavy atom. The number of carbonyl (C=O) groups excluding carboxylic acids is 1. The van der Waals surface area contributed by atoms with Gasteiger partial charge in [-0.3, -0.25) is 19.2 Å². The van der Waals surface area contributed by atoms with Crippen molar-refractivity contribution in [2.24, 2.45) is 5.10 Å². The van der Waals surface area contributed by atoms with Crippen LogP contribution in [0.3, 0.4) is 0 Å². The van der Waals surface area contributed by atoms with E-state index in [4.69, 9.17) is 0 Å². The zero-order valence-electron chi connectivity index (χ0n) is 18.3. The maximum absolute atomic E-state index is 13.4. The second-order valence-corrected chi connectivity index (χ2v) is 9.26. The fourth-order valence-electron chi connectivity index (χ4n) is 3.56. The number of rotatable bonds is 8. The molecule has 4 aromatic rings. The van der Waals surface area contributed by atoms with Crippen molar-refractivity contribution in [2.45, 2.75) is 4.90 Å². The van der Waals surface area contributed by atoms with Gasteiger partial charge < -0.3 is 0 Å². The maximum Gasteiger partial charge on any atom is 0.289 e. The number of nitrogens with one attached hydrogen (secondary N) is 1. The first-order valence-corrected chi connectivity index (χ1v) is 11.9. The minimum atomic E-state index is -4.45. The minimum absolute atomic E-state index is 0.179. The first-order valence-electron chi connectivity index (χ1n) is 10.5. The number of hydrazone groups is 1. The molecule has 0 atom stereocenters. The zero-order chi connectivity index (χ0) is 24.8. The smallest absolute Gasteiger partial charge is 0.271 e. The topological polar surface area (TPSA) is 122 Å². The highest BCUT2D eigenvalue weighted by molar-refractivity contribution is 7.93. The lowest BCUT2D eigenvalue weighted by Crippen LogP contribution is -2.39. The molecule has 0 bridgehead atoms. The molecule has 9 nitrogen and oxygen atoms in total. The molecule has 0 aliphatic heterocycles. The van der Waals surface area contributed by atoms with Crippen molar-refractivity contribution in [3.8, 4) is 0 Å². The Labute approximate surface area is 201 Å². The van der Waals surface area contributed by atoms with Gasteiger partial charge in [0.15, 0.2) is 4.90 Å². The van der Waals surface area contributed by atoms with Crippen LogP contribution in [-0.4, -0.2) is 32.0 Å². The average Bonchev–Trinajstić information content (AvgIpc) is 2.88. The Morgan fingerprint density at radius 2 is 1.57 bits per heavy atom. The summed E-state index contributed by atoms with van der Waals surface area (Å²) in [6.07, 6.45) is 1.48. The molecule has 0 aromatic heterocycles. The van der Waals surface area contributed by atoms with E-state index in [2.05, 4.69) is 10.5 Å². The number of amides is 1. The predicted molar refractivity (Wildman–Crippen MR) is 134 cm³/mol. The van der Waals surface area contributed by atoms with E-state index in [0.717, 1.165) is 32.8 Å². The summed E-state index contributed by atoms with van der Waals surface area (Å²) in [4.78, 5) is 22.9. The highest BCUT2D eigenvalue weighted by Gasteiger charge is 2.33. The number of nitro benzene ring substituents is 1. The molecular formula is C25H20N4O5S. The van der Waals surface area contributed by atoms with E-state index in [1.54, 1.807) is 18.2 Å². The molecule has 0 heterocycles. The van der Waals surface area contributed by atoms with Crippen molar-refractivity contribution in [2.75, 3.05) is 10.8 Å². The fourth-order valence-corrected chi connectivity index (χ4v) is 5.14. The molecule has 1 amide bonds. The number of anilines is 1. The third-order valence-corrected chi connectivity index (χ3v) is 7.00. The van der Waals surface area contributed by atoms with Crippen molar-refractivity contribution in [3.63, 3.8) is 0 Å². The Morgan fingerprint density at radius 3 is 2.34 bits per heavy atom. The molecule has 176 valence electrons. The van der Waals surface area contributed by atoms with Crippen molar-refractivity contribution in [1.82, 2.24) is 5.43 Å². The van der Waals surface area contributed by atoms with Gasteiger partial charge in [0, 0.05) is 11.6 Å². The van der Waals surface area contributed by atoms with Crippen molar-refractivity contribution in [1.29, 1.82) is 0 Å². The van der Waals surface area contributed by atoms with Gasteiger partial charge in [0.1, 0.15) is 6.54 Å². The molecule has 1 N–H and O–H groups in total. The lowest BCUT2D eigenvalue weighted by atomic mass is 10.1. The lowest BCUT2D eigenvalue weighted by molar-refractivity contribution is -0.387. The van der Waals surface area contributed by atoms with Gasteiger partial charge in [-0.25, -0.2) is 13.8 Å². The minimum Gasteiger partial charge on any atom is -0.271 e. The largest absolute Gasteiger partial charge is 0.289 e. The van der Waals surface area contributed by atoms with Crippen LogP contribution in [0.15, 0.2) is 107 Å². The highest BCUT2D eigenvalue weighted by atomic mass is 32.2. The number of hydrogen-bond donors (Lipinski definition) is 1. The molecule has 0 saturated heterocycles. The first kappa shape index (κ1) is 23.6. The van der Waals surface area contributed by atoms with E-state index >= 15 is 0 Å². The quantitative estimate of drug-likeness (QED) is 0.227. The predicted octanol–water partition coefficient (Wildman–Crippen LogP) is 4.09. The van der Waals surface area contributed by atoms with E-state index in [-0.39, 0.29) is 5.69 Å². The normalized spacial score (nSPS) is 11.4. The molecular weight excluding hydrogens is 468 g/mol.